The van der Waals surface area contributed by atoms with Crippen LogP contribution in [-0.4, -0.2) is 34.2 Å². The number of amides is 2. The Morgan fingerprint density at radius 1 is 1.39 bits per heavy atom. The summed E-state index contributed by atoms with van der Waals surface area (Å²) in [5, 5.41) is 6.82. The molecule has 3 rings (SSSR count). The Morgan fingerprint density at radius 3 is 2.96 bits per heavy atom. The average molecular weight is 314 g/mol. The maximum absolute atomic E-state index is 12.4. The Labute approximate surface area is 135 Å². The van der Waals surface area contributed by atoms with Crippen LogP contribution in [0.5, 0.6) is 0 Å². The zero-order valence-corrected chi connectivity index (χ0v) is 13.4. The molecular formula is C17H22N4O2. The zero-order chi connectivity index (χ0) is 16.1. The first-order chi connectivity index (χ1) is 11.2. The minimum absolute atomic E-state index is 0.0450. The van der Waals surface area contributed by atoms with Crippen LogP contribution in [0.3, 0.4) is 0 Å². The first kappa shape index (κ1) is 15.5. The highest BCUT2D eigenvalue weighted by molar-refractivity contribution is 5.74. The number of hydrogen-bond donors (Lipinski definition) is 1. The molecule has 6 heteroatoms. The molecule has 0 spiro atoms. The van der Waals surface area contributed by atoms with E-state index in [4.69, 9.17) is 4.52 Å². The Hall–Kier alpha value is -2.37. The molecule has 122 valence electrons. The Balaban J connectivity index is 1.47. The highest BCUT2D eigenvalue weighted by atomic mass is 16.5. The van der Waals surface area contributed by atoms with Crippen molar-refractivity contribution in [1.82, 2.24) is 20.4 Å². The number of urea groups is 1. The standard InChI is InChI=1S/C17H22N4O2/c1-13-19-16(23-20-13)15-10-6-12-21(15)17(22)18-11-5-9-14-7-3-2-4-8-14/h2-4,7-8,15H,5-6,9-12H2,1H3,(H,18,22)/t15-/m0/s1. The summed E-state index contributed by atoms with van der Waals surface area (Å²) in [4.78, 5) is 18.4. The number of aryl methyl sites for hydroxylation is 2. The first-order valence-electron chi connectivity index (χ1n) is 8.12. The summed E-state index contributed by atoms with van der Waals surface area (Å²) in [7, 11) is 0. The fourth-order valence-electron chi connectivity index (χ4n) is 2.95. The number of carbonyl (C=O) groups excluding carboxylic acids is 1. The second kappa shape index (κ2) is 7.26. The lowest BCUT2D eigenvalue weighted by molar-refractivity contribution is 0.180. The van der Waals surface area contributed by atoms with Crippen LogP contribution in [-0.2, 0) is 6.42 Å². The van der Waals surface area contributed by atoms with Gasteiger partial charge in [0, 0.05) is 13.1 Å². The summed E-state index contributed by atoms with van der Waals surface area (Å²) in [6.45, 7) is 3.19. The highest BCUT2D eigenvalue weighted by Crippen LogP contribution is 2.30. The molecule has 0 bridgehead atoms. The van der Waals surface area contributed by atoms with Gasteiger partial charge in [0.2, 0.25) is 5.89 Å². The molecule has 1 N–H and O–H groups in total. The van der Waals surface area contributed by atoms with Crippen LogP contribution in [0, 0.1) is 6.92 Å². The van der Waals surface area contributed by atoms with Crippen molar-refractivity contribution in [3.8, 4) is 0 Å². The third-order valence-electron chi connectivity index (χ3n) is 4.10. The summed E-state index contributed by atoms with van der Waals surface area (Å²) in [6.07, 6.45) is 3.73. The minimum Gasteiger partial charge on any atom is -0.338 e. The van der Waals surface area contributed by atoms with E-state index in [1.165, 1.54) is 5.56 Å². The van der Waals surface area contributed by atoms with Crippen LogP contribution in [0.2, 0.25) is 0 Å². The number of aromatic nitrogens is 2. The lowest BCUT2D eigenvalue weighted by atomic mass is 10.1. The summed E-state index contributed by atoms with van der Waals surface area (Å²) >= 11 is 0. The lowest BCUT2D eigenvalue weighted by Gasteiger charge is -2.22. The van der Waals surface area contributed by atoms with Gasteiger partial charge in [0.1, 0.15) is 6.04 Å². The molecule has 1 aromatic heterocycles. The topological polar surface area (TPSA) is 71.3 Å². The molecule has 2 heterocycles. The van der Waals surface area contributed by atoms with E-state index in [2.05, 4.69) is 27.6 Å². The maximum Gasteiger partial charge on any atom is 0.318 e. The number of carbonyl (C=O) groups is 1. The van der Waals surface area contributed by atoms with Gasteiger partial charge >= 0.3 is 6.03 Å². The van der Waals surface area contributed by atoms with Crippen LogP contribution in [0.15, 0.2) is 34.9 Å². The largest absolute Gasteiger partial charge is 0.338 e. The second-order valence-corrected chi connectivity index (χ2v) is 5.85. The van der Waals surface area contributed by atoms with Gasteiger partial charge in [-0.05, 0) is 38.2 Å². The minimum atomic E-state index is -0.0923. The van der Waals surface area contributed by atoms with Crippen molar-refractivity contribution < 1.29 is 9.32 Å². The van der Waals surface area contributed by atoms with Gasteiger partial charge in [-0.15, -0.1) is 0 Å². The van der Waals surface area contributed by atoms with Crippen molar-refractivity contribution in [2.75, 3.05) is 13.1 Å². The number of nitrogens with zero attached hydrogens (tertiary/aromatic N) is 3. The van der Waals surface area contributed by atoms with Crippen LogP contribution < -0.4 is 5.32 Å². The van der Waals surface area contributed by atoms with Crippen LogP contribution >= 0.6 is 0 Å². The Bertz CT molecular complexity index is 641. The van der Waals surface area contributed by atoms with Crippen molar-refractivity contribution >= 4 is 6.03 Å². The maximum atomic E-state index is 12.4. The van der Waals surface area contributed by atoms with E-state index in [0.29, 0.717) is 18.3 Å². The Kier molecular flexibility index (Phi) is 4.90. The number of hydrogen-bond acceptors (Lipinski definition) is 4. The highest BCUT2D eigenvalue weighted by Gasteiger charge is 2.33. The quantitative estimate of drug-likeness (QED) is 0.861. The molecule has 2 aromatic rings. The summed E-state index contributed by atoms with van der Waals surface area (Å²) < 4.78 is 5.23. The summed E-state index contributed by atoms with van der Waals surface area (Å²) in [5.74, 6) is 1.15. The molecule has 0 unspecified atom stereocenters. The van der Waals surface area contributed by atoms with Crippen LogP contribution in [0.1, 0.15) is 42.6 Å². The third kappa shape index (κ3) is 3.88. The van der Waals surface area contributed by atoms with Gasteiger partial charge in [-0.3, -0.25) is 0 Å². The predicted molar refractivity (Wildman–Crippen MR) is 85.9 cm³/mol. The molecule has 1 aliphatic rings. The molecule has 23 heavy (non-hydrogen) atoms. The lowest BCUT2D eigenvalue weighted by Crippen LogP contribution is -2.40. The van der Waals surface area contributed by atoms with E-state index in [9.17, 15) is 4.79 Å². The fraction of sp³-hybridized carbons (Fsp3) is 0.471. The van der Waals surface area contributed by atoms with E-state index in [0.717, 1.165) is 32.2 Å². The summed E-state index contributed by atoms with van der Waals surface area (Å²) in [5.41, 5.74) is 1.29. The molecule has 1 atom stereocenters. The van der Waals surface area contributed by atoms with Crippen LogP contribution in [0.25, 0.3) is 0 Å². The van der Waals surface area contributed by atoms with E-state index < -0.39 is 0 Å². The van der Waals surface area contributed by atoms with Gasteiger partial charge in [0.05, 0.1) is 0 Å². The predicted octanol–water partition coefficient (Wildman–Crippen LogP) is 2.86. The Morgan fingerprint density at radius 2 is 2.22 bits per heavy atom. The smallest absolute Gasteiger partial charge is 0.318 e. The SMILES string of the molecule is Cc1noc([C@@H]2CCCN2C(=O)NCCCc2ccccc2)n1. The molecule has 2 amide bonds. The number of likely N-dealkylation sites (tertiary alicyclic amines) is 1. The molecule has 1 aromatic carbocycles. The number of benzene rings is 1. The van der Waals surface area contributed by atoms with Gasteiger partial charge in [-0.2, -0.15) is 4.98 Å². The molecular weight excluding hydrogens is 292 g/mol. The monoisotopic (exact) mass is 314 g/mol. The third-order valence-corrected chi connectivity index (χ3v) is 4.10. The van der Waals surface area contributed by atoms with Gasteiger partial charge in [-0.1, -0.05) is 35.5 Å². The molecule has 0 aliphatic carbocycles. The van der Waals surface area contributed by atoms with Gasteiger partial charge in [-0.25, -0.2) is 4.79 Å². The van der Waals surface area contributed by atoms with E-state index in [-0.39, 0.29) is 12.1 Å². The van der Waals surface area contributed by atoms with Gasteiger partial charge in [0.25, 0.3) is 0 Å². The molecule has 1 aliphatic heterocycles. The number of nitrogens with one attached hydrogen (secondary N) is 1. The van der Waals surface area contributed by atoms with E-state index in [1.807, 2.05) is 18.2 Å². The average Bonchev–Trinajstić information content (AvgIpc) is 3.21. The summed E-state index contributed by atoms with van der Waals surface area (Å²) in [6, 6.07) is 10.2. The normalized spacial score (nSPS) is 17.4. The van der Waals surface area contributed by atoms with Gasteiger partial charge in [0.15, 0.2) is 5.82 Å². The van der Waals surface area contributed by atoms with Crippen LogP contribution in [0.4, 0.5) is 4.79 Å². The van der Waals surface area contributed by atoms with Crippen molar-refractivity contribution in [1.29, 1.82) is 0 Å². The van der Waals surface area contributed by atoms with Crippen molar-refractivity contribution in [2.45, 2.75) is 38.6 Å². The molecule has 0 radical (unpaired) electrons. The molecule has 0 saturated carbocycles. The molecule has 6 nitrogen and oxygen atoms in total. The van der Waals surface area contributed by atoms with Crippen molar-refractivity contribution in [2.24, 2.45) is 0 Å². The molecule has 1 saturated heterocycles. The van der Waals surface area contributed by atoms with E-state index in [1.54, 1.807) is 11.8 Å². The van der Waals surface area contributed by atoms with E-state index >= 15 is 0 Å². The van der Waals surface area contributed by atoms with Crippen molar-refractivity contribution in [3.63, 3.8) is 0 Å². The zero-order valence-electron chi connectivity index (χ0n) is 13.4. The number of rotatable bonds is 5. The first-order valence-corrected chi connectivity index (χ1v) is 8.12. The van der Waals surface area contributed by atoms with Gasteiger partial charge < -0.3 is 14.7 Å². The molecule has 1 fully saturated rings. The second-order valence-electron chi connectivity index (χ2n) is 5.85. The fourth-order valence-corrected chi connectivity index (χ4v) is 2.95. The van der Waals surface area contributed by atoms with Crippen molar-refractivity contribution in [3.05, 3.63) is 47.6 Å².